The summed E-state index contributed by atoms with van der Waals surface area (Å²) in [6.45, 7) is 8.00. The van der Waals surface area contributed by atoms with Crippen molar-refractivity contribution in [3.8, 4) is 0 Å². The van der Waals surface area contributed by atoms with Crippen LogP contribution in [0.1, 0.15) is 52.7 Å². The molecule has 3 heterocycles. The number of aryl methyl sites for hydroxylation is 2. The number of piperazine rings is 1. The molecule has 0 radical (unpaired) electrons. The summed E-state index contributed by atoms with van der Waals surface area (Å²) in [7, 11) is 0. The van der Waals surface area contributed by atoms with E-state index in [0.29, 0.717) is 18.5 Å². The third-order valence-corrected chi connectivity index (χ3v) is 7.59. The minimum atomic E-state index is -0.557. The molecule has 184 valence electrons. The van der Waals surface area contributed by atoms with Gasteiger partial charge < -0.3 is 9.80 Å². The summed E-state index contributed by atoms with van der Waals surface area (Å²) >= 11 is 0. The van der Waals surface area contributed by atoms with E-state index in [1.807, 2.05) is 12.1 Å². The number of fused-ring (bicyclic) bond motifs is 1. The molecule has 3 aliphatic rings. The number of nitrogens with one attached hydrogen (secondary N) is 1. The Hall–Kier alpha value is -3.19. The molecule has 7 nitrogen and oxygen atoms in total. The van der Waals surface area contributed by atoms with Gasteiger partial charge in [0, 0.05) is 50.4 Å². The lowest BCUT2D eigenvalue weighted by atomic mass is 9.98. The Balaban J connectivity index is 1.11. The molecule has 3 amide bonds. The van der Waals surface area contributed by atoms with Crippen molar-refractivity contribution in [1.29, 1.82) is 0 Å². The quantitative estimate of drug-likeness (QED) is 0.494. The van der Waals surface area contributed by atoms with Gasteiger partial charge in [-0.3, -0.25) is 24.6 Å². The van der Waals surface area contributed by atoms with Crippen LogP contribution in [0.15, 0.2) is 42.5 Å². The summed E-state index contributed by atoms with van der Waals surface area (Å²) in [6, 6.07) is 14.1. The number of imide groups is 1. The van der Waals surface area contributed by atoms with Gasteiger partial charge in [0.15, 0.2) is 0 Å². The smallest absolute Gasteiger partial charge is 0.255 e. The normalized spacial score (nSPS) is 20.8. The number of carbonyl (C=O) groups is 3. The molecule has 1 atom stereocenters. The molecule has 2 aromatic rings. The summed E-state index contributed by atoms with van der Waals surface area (Å²) in [6.07, 6.45) is 3.81. The highest BCUT2D eigenvalue weighted by Crippen LogP contribution is 2.30. The van der Waals surface area contributed by atoms with E-state index in [1.54, 1.807) is 4.90 Å². The lowest BCUT2D eigenvalue weighted by molar-refractivity contribution is -0.136. The van der Waals surface area contributed by atoms with E-state index in [2.05, 4.69) is 52.4 Å². The Morgan fingerprint density at radius 3 is 2.54 bits per heavy atom. The summed E-state index contributed by atoms with van der Waals surface area (Å²) in [5.74, 6) is -0.707. The summed E-state index contributed by atoms with van der Waals surface area (Å²) in [5.41, 5.74) is 5.59. The van der Waals surface area contributed by atoms with Crippen LogP contribution in [0, 0.1) is 6.92 Å². The first-order valence-corrected chi connectivity index (χ1v) is 12.8. The van der Waals surface area contributed by atoms with Gasteiger partial charge in [-0.15, -0.1) is 0 Å². The van der Waals surface area contributed by atoms with Crippen molar-refractivity contribution >= 4 is 23.4 Å². The number of rotatable bonds is 7. The molecule has 0 saturated carbocycles. The Bertz CT molecular complexity index is 1120. The van der Waals surface area contributed by atoms with E-state index in [-0.39, 0.29) is 24.1 Å². The van der Waals surface area contributed by atoms with Crippen LogP contribution in [0.5, 0.6) is 0 Å². The maximum absolute atomic E-state index is 13.0. The number of piperidine rings is 1. The van der Waals surface area contributed by atoms with E-state index in [9.17, 15) is 14.4 Å². The number of anilines is 1. The van der Waals surface area contributed by atoms with E-state index in [0.717, 1.165) is 57.5 Å². The van der Waals surface area contributed by atoms with Gasteiger partial charge in [0.2, 0.25) is 11.8 Å². The molecule has 7 heteroatoms. The van der Waals surface area contributed by atoms with Gasteiger partial charge in [-0.1, -0.05) is 24.3 Å². The van der Waals surface area contributed by atoms with Crippen molar-refractivity contribution in [2.24, 2.45) is 0 Å². The topological polar surface area (TPSA) is 73.0 Å². The number of hydrogen-bond acceptors (Lipinski definition) is 5. The van der Waals surface area contributed by atoms with Crippen LogP contribution < -0.4 is 10.2 Å². The fraction of sp³-hybridized carbons (Fsp3) is 0.464. The molecule has 0 spiro atoms. The minimum Gasteiger partial charge on any atom is -0.369 e. The number of unbranched alkanes of at least 4 members (excludes halogenated alkanes) is 1. The molecule has 0 bridgehead atoms. The standard InChI is InChI=1S/C28H34N4O3/c1-20-6-4-9-22(18-20)31-16-14-30(15-17-31)13-3-2-7-21-8-5-10-23-24(21)19-32(28(23)35)25-11-12-26(33)29-27(25)34/h4-6,8-10,18,25H,2-3,7,11-17,19H2,1H3,(H,29,33,34). The molecule has 0 aromatic heterocycles. The van der Waals surface area contributed by atoms with Gasteiger partial charge in [-0.05, 0) is 74.0 Å². The van der Waals surface area contributed by atoms with E-state index < -0.39 is 6.04 Å². The highest BCUT2D eigenvalue weighted by molar-refractivity contribution is 6.05. The van der Waals surface area contributed by atoms with Crippen molar-refractivity contribution < 1.29 is 14.4 Å². The average molecular weight is 475 g/mol. The van der Waals surface area contributed by atoms with Gasteiger partial charge in [-0.2, -0.15) is 0 Å². The second-order valence-corrected chi connectivity index (χ2v) is 9.97. The number of carbonyl (C=O) groups excluding carboxylic acids is 3. The highest BCUT2D eigenvalue weighted by atomic mass is 16.2. The first kappa shape index (κ1) is 23.5. The van der Waals surface area contributed by atoms with Crippen LogP contribution in [0.25, 0.3) is 0 Å². The van der Waals surface area contributed by atoms with Gasteiger partial charge in [0.1, 0.15) is 6.04 Å². The van der Waals surface area contributed by atoms with Crippen LogP contribution in [0.4, 0.5) is 5.69 Å². The molecular formula is C28H34N4O3. The second kappa shape index (κ2) is 10.2. The Morgan fingerprint density at radius 1 is 0.971 bits per heavy atom. The first-order valence-electron chi connectivity index (χ1n) is 12.8. The lowest BCUT2D eigenvalue weighted by Gasteiger charge is -2.36. The van der Waals surface area contributed by atoms with Gasteiger partial charge >= 0.3 is 0 Å². The maximum atomic E-state index is 13.0. The van der Waals surface area contributed by atoms with Crippen molar-refractivity contribution in [2.45, 2.75) is 51.6 Å². The molecule has 2 saturated heterocycles. The lowest BCUT2D eigenvalue weighted by Crippen LogP contribution is -2.52. The molecule has 3 aliphatic heterocycles. The second-order valence-electron chi connectivity index (χ2n) is 9.97. The Morgan fingerprint density at radius 2 is 1.77 bits per heavy atom. The van der Waals surface area contributed by atoms with Crippen LogP contribution in [-0.4, -0.2) is 66.3 Å². The zero-order chi connectivity index (χ0) is 24.4. The predicted octanol–water partition coefficient (Wildman–Crippen LogP) is 2.90. The van der Waals surface area contributed by atoms with Gasteiger partial charge in [0.25, 0.3) is 5.91 Å². The monoisotopic (exact) mass is 474 g/mol. The zero-order valence-electron chi connectivity index (χ0n) is 20.5. The molecular weight excluding hydrogens is 440 g/mol. The minimum absolute atomic E-state index is 0.0946. The summed E-state index contributed by atoms with van der Waals surface area (Å²) in [5, 5.41) is 2.38. The highest BCUT2D eigenvalue weighted by Gasteiger charge is 2.39. The molecule has 35 heavy (non-hydrogen) atoms. The molecule has 5 rings (SSSR count). The Labute approximate surface area is 207 Å². The zero-order valence-corrected chi connectivity index (χ0v) is 20.5. The Kier molecular flexibility index (Phi) is 6.86. The third-order valence-electron chi connectivity index (χ3n) is 7.59. The third kappa shape index (κ3) is 5.10. The van der Waals surface area contributed by atoms with E-state index in [4.69, 9.17) is 0 Å². The fourth-order valence-corrected chi connectivity index (χ4v) is 5.59. The van der Waals surface area contributed by atoms with Crippen molar-refractivity contribution in [2.75, 3.05) is 37.6 Å². The van der Waals surface area contributed by atoms with Gasteiger partial charge in [-0.25, -0.2) is 0 Å². The molecule has 1 unspecified atom stereocenters. The van der Waals surface area contributed by atoms with Crippen molar-refractivity contribution in [3.63, 3.8) is 0 Å². The SMILES string of the molecule is Cc1cccc(N2CCN(CCCCc3cccc4c3CN(C3CCC(=O)NC3=O)C4=O)CC2)c1. The molecule has 2 fully saturated rings. The molecule has 1 N–H and O–H groups in total. The van der Waals surface area contributed by atoms with Crippen molar-refractivity contribution in [1.82, 2.24) is 15.1 Å². The average Bonchev–Trinajstić information content (AvgIpc) is 3.19. The number of benzene rings is 2. The van der Waals surface area contributed by atoms with Crippen LogP contribution in [0.3, 0.4) is 0 Å². The van der Waals surface area contributed by atoms with E-state index >= 15 is 0 Å². The van der Waals surface area contributed by atoms with Gasteiger partial charge in [0.05, 0.1) is 0 Å². The number of amides is 3. The fourth-order valence-electron chi connectivity index (χ4n) is 5.59. The van der Waals surface area contributed by atoms with Crippen LogP contribution in [-0.2, 0) is 22.6 Å². The summed E-state index contributed by atoms with van der Waals surface area (Å²) < 4.78 is 0. The van der Waals surface area contributed by atoms with Crippen LogP contribution in [0.2, 0.25) is 0 Å². The number of nitrogens with zero attached hydrogens (tertiary/aromatic N) is 3. The summed E-state index contributed by atoms with van der Waals surface area (Å²) in [4.78, 5) is 43.5. The number of hydrogen-bond donors (Lipinski definition) is 1. The molecule has 2 aromatic carbocycles. The van der Waals surface area contributed by atoms with Crippen molar-refractivity contribution in [3.05, 3.63) is 64.7 Å². The maximum Gasteiger partial charge on any atom is 0.255 e. The van der Waals surface area contributed by atoms with Crippen LogP contribution >= 0.6 is 0 Å². The molecule has 0 aliphatic carbocycles. The first-order chi connectivity index (χ1) is 17.0. The predicted molar refractivity (Wildman–Crippen MR) is 135 cm³/mol. The van der Waals surface area contributed by atoms with E-state index in [1.165, 1.54) is 16.8 Å². The largest absolute Gasteiger partial charge is 0.369 e.